The zero-order valence-corrected chi connectivity index (χ0v) is 13.2. The van der Waals surface area contributed by atoms with Gasteiger partial charge in [-0.3, -0.25) is 4.90 Å². The van der Waals surface area contributed by atoms with Gasteiger partial charge in [0, 0.05) is 56.5 Å². The Morgan fingerprint density at radius 3 is 2.81 bits per heavy atom. The van der Waals surface area contributed by atoms with E-state index in [1.807, 2.05) is 12.1 Å². The Bertz CT molecular complexity index is 443. The first-order chi connectivity index (χ1) is 10.3. The van der Waals surface area contributed by atoms with Crippen LogP contribution in [-0.2, 0) is 4.74 Å². The van der Waals surface area contributed by atoms with Crippen molar-refractivity contribution < 1.29 is 4.74 Å². The summed E-state index contributed by atoms with van der Waals surface area (Å²) in [6.45, 7) is 8.37. The van der Waals surface area contributed by atoms with E-state index in [9.17, 15) is 0 Å². The zero-order valence-electron chi connectivity index (χ0n) is 12.4. The van der Waals surface area contributed by atoms with Crippen molar-refractivity contribution in [2.45, 2.75) is 12.5 Å². The Labute approximate surface area is 132 Å². The highest BCUT2D eigenvalue weighted by Gasteiger charge is 2.19. The summed E-state index contributed by atoms with van der Waals surface area (Å²) in [5.74, 6) is 0. The van der Waals surface area contributed by atoms with E-state index in [0.717, 1.165) is 63.9 Å². The zero-order chi connectivity index (χ0) is 14.5. The number of halogens is 1. The summed E-state index contributed by atoms with van der Waals surface area (Å²) < 4.78 is 5.76. The number of anilines is 1. The summed E-state index contributed by atoms with van der Waals surface area (Å²) in [6.07, 6.45) is 1.52. The summed E-state index contributed by atoms with van der Waals surface area (Å²) in [5.41, 5.74) is 1.24. The van der Waals surface area contributed by atoms with Gasteiger partial charge >= 0.3 is 0 Å². The first kappa shape index (κ1) is 15.1. The average Bonchev–Trinajstić information content (AvgIpc) is 2.54. The van der Waals surface area contributed by atoms with E-state index >= 15 is 0 Å². The van der Waals surface area contributed by atoms with Crippen molar-refractivity contribution in [3.8, 4) is 0 Å². The number of morpholine rings is 1. The molecule has 2 fully saturated rings. The van der Waals surface area contributed by atoms with Gasteiger partial charge in [-0.05, 0) is 24.6 Å². The molecule has 1 unspecified atom stereocenters. The predicted molar refractivity (Wildman–Crippen MR) is 87.3 cm³/mol. The summed E-state index contributed by atoms with van der Waals surface area (Å²) in [4.78, 5) is 4.96. The lowest BCUT2D eigenvalue weighted by Gasteiger charge is -2.37. The van der Waals surface area contributed by atoms with Crippen molar-refractivity contribution in [2.75, 3.05) is 57.3 Å². The van der Waals surface area contributed by atoms with Crippen LogP contribution >= 0.6 is 11.6 Å². The van der Waals surface area contributed by atoms with Crippen molar-refractivity contribution >= 4 is 17.3 Å². The van der Waals surface area contributed by atoms with E-state index in [-0.39, 0.29) is 0 Å². The third-order valence-corrected chi connectivity index (χ3v) is 4.55. The molecule has 0 aromatic heterocycles. The molecule has 2 aliphatic rings. The number of piperazine rings is 1. The molecule has 4 nitrogen and oxygen atoms in total. The smallest absolute Gasteiger partial charge is 0.0712 e. The molecular formula is C16H24ClN3O. The Morgan fingerprint density at radius 1 is 1.24 bits per heavy atom. The molecule has 1 aromatic carbocycles. The second kappa shape index (κ2) is 7.45. The fourth-order valence-electron chi connectivity index (χ4n) is 3.03. The van der Waals surface area contributed by atoms with E-state index in [0.29, 0.717) is 6.10 Å². The van der Waals surface area contributed by atoms with Crippen LogP contribution in [0.1, 0.15) is 6.42 Å². The molecular weight excluding hydrogens is 286 g/mol. The molecule has 21 heavy (non-hydrogen) atoms. The van der Waals surface area contributed by atoms with Gasteiger partial charge in [0.2, 0.25) is 0 Å². The lowest BCUT2D eigenvalue weighted by molar-refractivity contribution is 0.0171. The molecule has 2 aliphatic heterocycles. The number of nitrogens with one attached hydrogen (secondary N) is 1. The van der Waals surface area contributed by atoms with Gasteiger partial charge in [-0.1, -0.05) is 17.7 Å². The number of hydrogen-bond acceptors (Lipinski definition) is 4. The minimum Gasteiger partial charge on any atom is -0.376 e. The molecule has 0 bridgehead atoms. The standard InChI is InChI=1S/C16H24ClN3O/c17-14-2-1-3-15(12-14)20-9-7-19(8-10-20)6-4-16-13-18-5-11-21-16/h1-3,12,16,18H,4-11,13H2. The fraction of sp³-hybridized carbons (Fsp3) is 0.625. The van der Waals surface area contributed by atoms with Gasteiger partial charge < -0.3 is 15.0 Å². The highest BCUT2D eigenvalue weighted by Crippen LogP contribution is 2.20. The lowest BCUT2D eigenvalue weighted by atomic mass is 10.2. The highest BCUT2D eigenvalue weighted by atomic mass is 35.5. The van der Waals surface area contributed by atoms with Crippen LogP contribution in [0.2, 0.25) is 5.02 Å². The minimum atomic E-state index is 0.393. The topological polar surface area (TPSA) is 27.7 Å². The van der Waals surface area contributed by atoms with Crippen molar-refractivity contribution in [3.05, 3.63) is 29.3 Å². The van der Waals surface area contributed by atoms with Crippen molar-refractivity contribution in [1.82, 2.24) is 10.2 Å². The summed E-state index contributed by atoms with van der Waals surface area (Å²) in [5, 5.41) is 4.21. The molecule has 2 heterocycles. The minimum absolute atomic E-state index is 0.393. The number of nitrogens with zero attached hydrogens (tertiary/aromatic N) is 2. The van der Waals surface area contributed by atoms with E-state index in [1.54, 1.807) is 0 Å². The molecule has 3 rings (SSSR count). The van der Waals surface area contributed by atoms with Gasteiger partial charge in [0.1, 0.15) is 0 Å². The maximum Gasteiger partial charge on any atom is 0.0712 e. The van der Waals surface area contributed by atoms with Crippen LogP contribution < -0.4 is 10.2 Å². The quantitative estimate of drug-likeness (QED) is 0.918. The number of hydrogen-bond donors (Lipinski definition) is 1. The second-order valence-electron chi connectivity index (χ2n) is 5.79. The highest BCUT2D eigenvalue weighted by molar-refractivity contribution is 6.30. The monoisotopic (exact) mass is 309 g/mol. The van der Waals surface area contributed by atoms with E-state index < -0.39 is 0 Å². The average molecular weight is 310 g/mol. The molecule has 1 N–H and O–H groups in total. The number of ether oxygens (including phenoxy) is 1. The largest absolute Gasteiger partial charge is 0.376 e. The molecule has 0 aliphatic carbocycles. The Morgan fingerprint density at radius 2 is 2.10 bits per heavy atom. The molecule has 2 saturated heterocycles. The van der Waals surface area contributed by atoms with Crippen LogP contribution in [0.5, 0.6) is 0 Å². The fourth-order valence-corrected chi connectivity index (χ4v) is 3.22. The van der Waals surface area contributed by atoms with Crippen LogP contribution in [0, 0.1) is 0 Å². The van der Waals surface area contributed by atoms with Gasteiger partial charge in [-0.2, -0.15) is 0 Å². The van der Waals surface area contributed by atoms with Crippen LogP contribution in [0.3, 0.4) is 0 Å². The van der Waals surface area contributed by atoms with Gasteiger partial charge in [-0.25, -0.2) is 0 Å². The van der Waals surface area contributed by atoms with Crippen LogP contribution in [0.4, 0.5) is 5.69 Å². The van der Waals surface area contributed by atoms with Crippen molar-refractivity contribution in [2.24, 2.45) is 0 Å². The Balaban J connectivity index is 1.42. The lowest BCUT2D eigenvalue weighted by Crippen LogP contribution is -2.48. The maximum atomic E-state index is 6.07. The van der Waals surface area contributed by atoms with Crippen LogP contribution in [-0.4, -0.2) is 63.4 Å². The summed E-state index contributed by atoms with van der Waals surface area (Å²) in [7, 11) is 0. The summed E-state index contributed by atoms with van der Waals surface area (Å²) >= 11 is 6.07. The van der Waals surface area contributed by atoms with Crippen LogP contribution in [0.25, 0.3) is 0 Å². The maximum absolute atomic E-state index is 6.07. The van der Waals surface area contributed by atoms with E-state index in [1.165, 1.54) is 5.69 Å². The van der Waals surface area contributed by atoms with Gasteiger partial charge in [0.15, 0.2) is 0 Å². The third-order valence-electron chi connectivity index (χ3n) is 4.32. The molecule has 1 aromatic rings. The first-order valence-corrected chi connectivity index (χ1v) is 8.24. The SMILES string of the molecule is Clc1cccc(N2CCN(CCC3CNCCO3)CC2)c1. The van der Waals surface area contributed by atoms with Crippen LogP contribution in [0.15, 0.2) is 24.3 Å². The Kier molecular flexibility index (Phi) is 5.36. The Hall–Kier alpha value is -0.810. The molecule has 0 radical (unpaired) electrons. The number of benzene rings is 1. The van der Waals surface area contributed by atoms with Crippen molar-refractivity contribution in [3.63, 3.8) is 0 Å². The summed E-state index contributed by atoms with van der Waals surface area (Å²) in [6, 6.07) is 8.15. The molecule has 0 amide bonds. The molecule has 5 heteroatoms. The van der Waals surface area contributed by atoms with Gasteiger partial charge in [-0.15, -0.1) is 0 Å². The van der Waals surface area contributed by atoms with E-state index in [4.69, 9.17) is 16.3 Å². The molecule has 116 valence electrons. The molecule has 0 spiro atoms. The van der Waals surface area contributed by atoms with Crippen molar-refractivity contribution in [1.29, 1.82) is 0 Å². The molecule has 1 atom stereocenters. The third kappa shape index (κ3) is 4.33. The first-order valence-electron chi connectivity index (χ1n) is 7.86. The van der Waals surface area contributed by atoms with Gasteiger partial charge in [0.25, 0.3) is 0 Å². The number of rotatable bonds is 4. The molecule has 0 saturated carbocycles. The second-order valence-corrected chi connectivity index (χ2v) is 6.23. The normalized spacial score (nSPS) is 24.2. The van der Waals surface area contributed by atoms with E-state index in [2.05, 4.69) is 27.2 Å². The predicted octanol–water partition coefficient (Wildman–Crippen LogP) is 1.84. The van der Waals surface area contributed by atoms with Gasteiger partial charge in [0.05, 0.1) is 12.7 Å².